The molecule has 0 saturated carbocycles. The zero-order valence-electron chi connectivity index (χ0n) is 12.4. The third-order valence-corrected chi connectivity index (χ3v) is 4.43. The van der Waals surface area contributed by atoms with E-state index in [2.05, 4.69) is 4.72 Å². The average Bonchev–Trinajstić information content (AvgIpc) is 2.41. The van der Waals surface area contributed by atoms with Crippen LogP contribution in [0, 0.1) is 0 Å². The van der Waals surface area contributed by atoms with E-state index in [0.717, 1.165) is 13.0 Å². The number of hydrogen-bond donors (Lipinski definition) is 2. The normalized spacial score (nSPS) is 11.8. The van der Waals surface area contributed by atoms with Crippen LogP contribution in [0.15, 0.2) is 29.2 Å². The standard InChI is InChI=1S/C14H22N2O4S/c1-16(2)10-4-9-15-21(19,20)13-6-3-5-12(11-13)7-8-14(17)18/h3,5-6,11,15H,4,7-10H2,1-2H3,(H,17,18). The summed E-state index contributed by atoms with van der Waals surface area (Å²) in [5.41, 5.74) is 0.666. The van der Waals surface area contributed by atoms with Crippen molar-refractivity contribution >= 4 is 16.0 Å². The maximum absolute atomic E-state index is 12.1. The summed E-state index contributed by atoms with van der Waals surface area (Å²) in [6.07, 6.45) is 0.893. The Balaban J connectivity index is 2.65. The van der Waals surface area contributed by atoms with Gasteiger partial charge in [-0.05, 0) is 30.5 Å². The Morgan fingerprint density at radius 2 is 2.05 bits per heavy atom. The summed E-state index contributed by atoms with van der Waals surface area (Å²) < 4.78 is 26.8. The van der Waals surface area contributed by atoms with Gasteiger partial charge in [0.25, 0.3) is 0 Å². The van der Waals surface area contributed by atoms with Crippen LogP contribution in [0.5, 0.6) is 0 Å². The highest BCUT2D eigenvalue weighted by atomic mass is 32.2. The van der Waals surface area contributed by atoms with Crippen LogP contribution in [-0.2, 0) is 21.2 Å². The summed E-state index contributed by atoms with van der Waals surface area (Å²) in [7, 11) is 0.477. The molecule has 7 heteroatoms. The monoisotopic (exact) mass is 314 g/mol. The first-order chi connectivity index (χ1) is 9.81. The second kappa shape index (κ2) is 8.11. The first kappa shape index (κ1) is 17.6. The van der Waals surface area contributed by atoms with E-state index in [1.807, 2.05) is 14.1 Å². The summed E-state index contributed by atoms with van der Waals surface area (Å²) in [5.74, 6) is -1.15. The molecule has 21 heavy (non-hydrogen) atoms. The lowest BCUT2D eigenvalue weighted by atomic mass is 10.1. The molecule has 0 aliphatic heterocycles. The van der Waals surface area contributed by atoms with Gasteiger partial charge in [-0.15, -0.1) is 0 Å². The Bertz CT molecular complexity index is 570. The van der Waals surface area contributed by atoms with E-state index in [4.69, 9.17) is 0 Å². The fraction of sp³-hybridized carbons (Fsp3) is 0.500. The van der Waals surface area contributed by atoms with Crippen molar-refractivity contribution in [3.63, 3.8) is 0 Å². The van der Waals surface area contributed by atoms with Gasteiger partial charge in [0.15, 0.2) is 0 Å². The molecule has 1 aromatic rings. The first-order valence-electron chi connectivity index (χ1n) is 6.89. The number of aryl methyl sites for hydroxylation is 1. The summed E-state index contributed by atoms with van der Waals surface area (Å²) >= 11 is 0. The number of carbonyl (C=O) groups is 1. The second-order valence-electron chi connectivity index (χ2n) is 5.23. The molecule has 0 amide bonds. The van der Waals surface area contributed by atoms with Crippen molar-refractivity contribution < 1.29 is 23.2 Å². The molecule has 0 saturated heterocycles. The molecule has 6 nitrogen and oxygen atoms in total. The van der Waals surface area contributed by atoms with Gasteiger partial charge in [0.05, 0.1) is 25.5 Å². The number of carbonyl (C=O) groups excluding carboxylic acids is 1. The van der Waals surface area contributed by atoms with Gasteiger partial charge in [-0.3, -0.25) is 0 Å². The van der Waals surface area contributed by atoms with Crippen LogP contribution in [0.3, 0.4) is 0 Å². The number of carboxylic acid groups (broad SMARTS) is 1. The largest absolute Gasteiger partial charge is 0.550 e. The summed E-state index contributed by atoms with van der Waals surface area (Å²) in [4.78, 5) is 11.9. The highest BCUT2D eigenvalue weighted by molar-refractivity contribution is 7.89. The van der Waals surface area contributed by atoms with E-state index in [0.29, 0.717) is 12.1 Å². The fourth-order valence-electron chi connectivity index (χ4n) is 1.85. The molecule has 0 heterocycles. The van der Waals surface area contributed by atoms with Gasteiger partial charge in [0.2, 0.25) is 10.0 Å². The molecule has 0 aliphatic carbocycles. The Labute approximate surface area is 125 Å². The second-order valence-corrected chi connectivity index (χ2v) is 6.99. The average molecular weight is 314 g/mol. The van der Waals surface area contributed by atoms with Gasteiger partial charge >= 0.3 is 0 Å². The highest BCUT2D eigenvalue weighted by Crippen LogP contribution is 2.12. The van der Waals surface area contributed by atoms with E-state index in [1.54, 1.807) is 12.1 Å². The van der Waals surface area contributed by atoms with E-state index < -0.39 is 16.0 Å². The zero-order chi connectivity index (χ0) is 15.9. The molecule has 1 aromatic carbocycles. The molecule has 0 aromatic heterocycles. The summed E-state index contributed by atoms with van der Waals surface area (Å²) in [6.45, 7) is 1.27. The van der Waals surface area contributed by atoms with Gasteiger partial charge in [0, 0.05) is 18.9 Å². The Kier molecular flexibility index (Phi) is 6.80. The lowest BCUT2D eigenvalue weighted by Gasteiger charge is -2.10. The minimum atomic E-state index is -3.54. The van der Waals surface area contributed by atoms with E-state index in [9.17, 15) is 18.3 Å². The van der Waals surface area contributed by atoms with Crippen molar-refractivity contribution in [3.8, 4) is 0 Å². The van der Waals surface area contributed by atoms with Crippen molar-refractivity contribution in [1.82, 2.24) is 4.72 Å². The number of benzene rings is 1. The topological polar surface area (TPSA) is 90.7 Å². The fourth-order valence-corrected chi connectivity index (χ4v) is 2.99. The van der Waals surface area contributed by atoms with Crippen LogP contribution in [0.4, 0.5) is 0 Å². The summed E-state index contributed by atoms with van der Waals surface area (Å²) in [5, 5.41) is 10.4. The Hall–Kier alpha value is -1.44. The van der Waals surface area contributed by atoms with Crippen molar-refractivity contribution in [1.29, 1.82) is 0 Å². The minimum Gasteiger partial charge on any atom is -0.550 e. The van der Waals surface area contributed by atoms with Crippen molar-refractivity contribution in [2.45, 2.75) is 24.2 Å². The number of quaternary nitrogens is 1. The molecule has 2 N–H and O–H groups in total. The Morgan fingerprint density at radius 1 is 1.33 bits per heavy atom. The van der Waals surface area contributed by atoms with E-state index >= 15 is 0 Å². The van der Waals surface area contributed by atoms with Crippen LogP contribution in [0.2, 0.25) is 0 Å². The third-order valence-electron chi connectivity index (χ3n) is 2.97. The molecule has 0 aliphatic rings. The molecule has 0 fully saturated rings. The predicted octanol–water partition coefficient (Wildman–Crippen LogP) is -1.82. The number of nitrogens with one attached hydrogen (secondary N) is 2. The van der Waals surface area contributed by atoms with Crippen molar-refractivity contribution in [3.05, 3.63) is 29.8 Å². The van der Waals surface area contributed by atoms with Crippen LogP contribution in [0.25, 0.3) is 0 Å². The molecule has 0 unspecified atom stereocenters. The molecule has 1 rings (SSSR count). The number of carboxylic acids is 1. The van der Waals surface area contributed by atoms with Crippen LogP contribution < -0.4 is 14.7 Å². The lowest BCUT2D eigenvalue weighted by Crippen LogP contribution is -3.05. The maximum Gasteiger partial charge on any atom is 0.240 e. The Morgan fingerprint density at radius 3 is 2.67 bits per heavy atom. The zero-order valence-corrected chi connectivity index (χ0v) is 13.2. The van der Waals surface area contributed by atoms with E-state index in [1.165, 1.54) is 17.0 Å². The molecule has 0 radical (unpaired) electrons. The number of sulfonamides is 1. The van der Waals surface area contributed by atoms with Gasteiger partial charge in [-0.2, -0.15) is 0 Å². The molecule has 0 atom stereocenters. The lowest BCUT2D eigenvalue weighted by molar-refractivity contribution is -0.858. The number of aliphatic carboxylic acids is 1. The van der Waals surface area contributed by atoms with Gasteiger partial charge in [-0.1, -0.05) is 12.1 Å². The molecule has 0 spiro atoms. The highest BCUT2D eigenvalue weighted by Gasteiger charge is 2.13. The van der Waals surface area contributed by atoms with Crippen LogP contribution >= 0.6 is 0 Å². The van der Waals surface area contributed by atoms with Crippen LogP contribution in [-0.4, -0.2) is 41.6 Å². The summed E-state index contributed by atoms with van der Waals surface area (Å²) in [6, 6.07) is 6.32. The SMILES string of the molecule is C[NH+](C)CCCNS(=O)(=O)c1cccc(CCC(=O)[O-])c1. The maximum atomic E-state index is 12.1. The van der Waals surface area contributed by atoms with E-state index in [-0.39, 0.29) is 17.7 Å². The van der Waals surface area contributed by atoms with Crippen LogP contribution in [0.1, 0.15) is 18.4 Å². The molecular weight excluding hydrogens is 292 g/mol. The van der Waals surface area contributed by atoms with Crippen molar-refractivity contribution in [2.75, 3.05) is 27.2 Å². The minimum absolute atomic E-state index is 0.122. The van der Waals surface area contributed by atoms with Gasteiger partial charge in [-0.25, -0.2) is 13.1 Å². The van der Waals surface area contributed by atoms with Gasteiger partial charge in [0.1, 0.15) is 0 Å². The quantitative estimate of drug-likeness (QED) is 0.525. The molecule has 0 bridgehead atoms. The van der Waals surface area contributed by atoms with Gasteiger partial charge < -0.3 is 14.8 Å². The predicted molar refractivity (Wildman–Crippen MR) is 77.3 cm³/mol. The van der Waals surface area contributed by atoms with Crippen molar-refractivity contribution in [2.24, 2.45) is 0 Å². The molecular formula is C14H22N2O4S. The number of hydrogen-bond acceptors (Lipinski definition) is 4. The third kappa shape index (κ3) is 6.70. The molecule has 118 valence electrons. The number of rotatable bonds is 9. The smallest absolute Gasteiger partial charge is 0.240 e. The first-order valence-corrected chi connectivity index (χ1v) is 8.37.